The summed E-state index contributed by atoms with van der Waals surface area (Å²) in [6, 6.07) is 3.68. The Kier molecular flexibility index (Phi) is 3.55. The van der Waals surface area contributed by atoms with Crippen molar-refractivity contribution in [3.8, 4) is 0 Å². The van der Waals surface area contributed by atoms with Crippen LogP contribution in [0.2, 0.25) is 0 Å². The second kappa shape index (κ2) is 5.11. The maximum atomic E-state index is 9.43. The lowest BCUT2D eigenvalue weighted by Gasteiger charge is -2.14. The quantitative estimate of drug-likeness (QED) is 0.291. The molecule has 1 aromatic rings. The molecule has 6 nitrogen and oxygen atoms in total. The van der Waals surface area contributed by atoms with Gasteiger partial charge in [0.1, 0.15) is 5.69 Å². The minimum absolute atomic E-state index is 0.00769. The van der Waals surface area contributed by atoms with E-state index in [0.717, 1.165) is 25.1 Å². The Morgan fingerprint density at radius 2 is 2.47 bits per heavy atom. The molecule has 4 N–H and O–H groups in total. The number of aliphatic hydroxyl groups is 1. The fraction of sp³-hybridized carbons (Fsp3) is 0.455. The molecule has 17 heavy (non-hydrogen) atoms. The molecule has 0 aliphatic carbocycles. The first kappa shape index (κ1) is 11.8. The van der Waals surface area contributed by atoms with Crippen molar-refractivity contribution in [2.24, 2.45) is 10.9 Å². The van der Waals surface area contributed by atoms with Crippen LogP contribution in [-0.2, 0) is 6.54 Å². The third-order valence-electron chi connectivity index (χ3n) is 2.85. The van der Waals surface area contributed by atoms with Gasteiger partial charge in [0.2, 0.25) is 0 Å². The van der Waals surface area contributed by atoms with Gasteiger partial charge in [-0.05, 0) is 24.1 Å². The Labute approximate surface area is 99.4 Å². The minimum atomic E-state index is -0.222. The number of hydrogen-bond acceptors (Lipinski definition) is 5. The standard InChI is InChI=1S/C11H16N4O2/c12-11(14-17)10-5-8(1-3-13-10)6-15-4-2-9(16)7-15/h1,3,5,9,16-17H,2,4,6-7H2,(H2,12,14). The molecule has 1 saturated heterocycles. The Balaban J connectivity index is 2.06. The Bertz CT molecular complexity index is 422. The topological polar surface area (TPSA) is 95.0 Å². The molecule has 1 aromatic heterocycles. The summed E-state index contributed by atoms with van der Waals surface area (Å²) in [5.74, 6) is 0.00769. The van der Waals surface area contributed by atoms with Gasteiger partial charge in [0.25, 0.3) is 0 Å². The summed E-state index contributed by atoms with van der Waals surface area (Å²) < 4.78 is 0. The number of hydrogen-bond donors (Lipinski definition) is 3. The van der Waals surface area contributed by atoms with Gasteiger partial charge in [0.15, 0.2) is 5.84 Å². The average Bonchev–Trinajstić information content (AvgIpc) is 2.74. The van der Waals surface area contributed by atoms with Gasteiger partial charge in [0.05, 0.1) is 6.10 Å². The molecular formula is C11H16N4O2. The van der Waals surface area contributed by atoms with Gasteiger partial charge in [-0.25, -0.2) is 0 Å². The molecular weight excluding hydrogens is 220 g/mol. The second-order valence-electron chi connectivity index (χ2n) is 4.21. The van der Waals surface area contributed by atoms with Crippen LogP contribution in [0.25, 0.3) is 0 Å². The first-order valence-corrected chi connectivity index (χ1v) is 5.52. The number of likely N-dealkylation sites (tertiary alicyclic amines) is 1. The van der Waals surface area contributed by atoms with Crippen molar-refractivity contribution in [3.05, 3.63) is 29.6 Å². The third kappa shape index (κ3) is 2.92. The number of aliphatic hydroxyl groups excluding tert-OH is 1. The summed E-state index contributed by atoms with van der Waals surface area (Å²) in [5.41, 5.74) is 6.98. The van der Waals surface area contributed by atoms with E-state index in [1.54, 1.807) is 12.3 Å². The average molecular weight is 236 g/mol. The zero-order chi connectivity index (χ0) is 12.3. The molecule has 2 rings (SSSR count). The first-order valence-electron chi connectivity index (χ1n) is 5.52. The van der Waals surface area contributed by atoms with Crippen LogP contribution in [0.4, 0.5) is 0 Å². The highest BCUT2D eigenvalue weighted by Gasteiger charge is 2.20. The van der Waals surface area contributed by atoms with E-state index in [2.05, 4.69) is 15.0 Å². The third-order valence-corrected chi connectivity index (χ3v) is 2.85. The van der Waals surface area contributed by atoms with Crippen molar-refractivity contribution < 1.29 is 10.3 Å². The maximum absolute atomic E-state index is 9.43. The predicted octanol–water partition coefficient (Wildman–Crippen LogP) is -0.257. The summed E-state index contributed by atoms with van der Waals surface area (Å²) in [4.78, 5) is 6.18. The number of β-amino-alcohol motifs (C(OH)–C–C–N with tert-alkyl or cyclic N) is 1. The lowest BCUT2D eigenvalue weighted by molar-refractivity contribution is 0.175. The van der Waals surface area contributed by atoms with Gasteiger partial charge in [-0.3, -0.25) is 9.88 Å². The van der Waals surface area contributed by atoms with E-state index in [-0.39, 0.29) is 11.9 Å². The maximum Gasteiger partial charge on any atom is 0.188 e. The van der Waals surface area contributed by atoms with Crippen LogP contribution < -0.4 is 5.73 Å². The molecule has 1 atom stereocenters. The molecule has 0 bridgehead atoms. The number of nitrogens with two attached hydrogens (primary N) is 1. The molecule has 0 radical (unpaired) electrons. The van der Waals surface area contributed by atoms with Crippen molar-refractivity contribution in [1.29, 1.82) is 0 Å². The van der Waals surface area contributed by atoms with Gasteiger partial charge >= 0.3 is 0 Å². The molecule has 0 aromatic carbocycles. The van der Waals surface area contributed by atoms with E-state index in [0.29, 0.717) is 12.2 Å². The molecule has 1 unspecified atom stereocenters. The zero-order valence-electron chi connectivity index (χ0n) is 9.45. The smallest absolute Gasteiger partial charge is 0.188 e. The number of pyridine rings is 1. The Morgan fingerprint density at radius 3 is 3.12 bits per heavy atom. The van der Waals surface area contributed by atoms with E-state index < -0.39 is 0 Å². The van der Waals surface area contributed by atoms with E-state index in [9.17, 15) is 5.11 Å². The summed E-state index contributed by atoms with van der Waals surface area (Å²) >= 11 is 0. The molecule has 92 valence electrons. The fourth-order valence-corrected chi connectivity index (χ4v) is 1.98. The van der Waals surface area contributed by atoms with Gasteiger partial charge < -0.3 is 16.0 Å². The van der Waals surface area contributed by atoms with Crippen LogP contribution >= 0.6 is 0 Å². The van der Waals surface area contributed by atoms with Crippen molar-refractivity contribution >= 4 is 5.84 Å². The molecule has 1 aliphatic heterocycles. The normalized spacial score (nSPS) is 21.9. The van der Waals surface area contributed by atoms with Gasteiger partial charge in [-0.2, -0.15) is 0 Å². The fourth-order valence-electron chi connectivity index (χ4n) is 1.98. The van der Waals surface area contributed by atoms with Crippen LogP contribution in [0, 0.1) is 0 Å². The van der Waals surface area contributed by atoms with Crippen molar-refractivity contribution in [2.75, 3.05) is 13.1 Å². The van der Waals surface area contributed by atoms with Crippen molar-refractivity contribution in [3.63, 3.8) is 0 Å². The number of rotatable bonds is 3. The summed E-state index contributed by atoms with van der Waals surface area (Å²) in [5, 5.41) is 20.9. The summed E-state index contributed by atoms with van der Waals surface area (Å²) in [6.07, 6.45) is 2.23. The van der Waals surface area contributed by atoms with Crippen molar-refractivity contribution in [2.45, 2.75) is 19.1 Å². The molecule has 0 saturated carbocycles. The highest BCUT2D eigenvalue weighted by atomic mass is 16.4. The minimum Gasteiger partial charge on any atom is -0.409 e. The molecule has 2 heterocycles. The van der Waals surface area contributed by atoms with E-state index in [4.69, 9.17) is 10.9 Å². The lowest BCUT2D eigenvalue weighted by atomic mass is 10.2. The summed E-state index contributed by atoms with van der Waals surface area (Å²) in [7, 11) is 0. The van der Waals surface area contributed by atoms with Gasteiger partial charge in [0, 0.05) is 25.8 Å². The lowest BCUT2D eigenvalue weighted by Crippen LogP contribution is -2.22. The molecule has 6 heteroatoms. The van der Waals surface area contributed by atoms with Crippen molar-refractivity contribution in [1.82, 2.24) is 9.88 Å². The van der Waals surface area contributed by atoms with Crippen LogP contribution in [-0.4, -0.2) is 45.2 Å². The predicted molar refractivity (Wildman–Crippen MR) is 62.6 cm³/mol. The van der Waals surface area contributed by atoms with Gasteiger partial charge in [-0.1, -0.05) is 5.16 Å². The second-order valence-corrected chi connectivity index (χ2v) is 4.21. The van der Waals surface area contributed by atoms with E-state index in [1.165, 1.54) is 0 Å². The number of amidine groups is 1. The number of oxime groups is 1. The summed E-state index contributed by atoms with van der Waals surface area (Å²) in [6.45, 7) is 2.33. The monoisotopic (exact) mass is 236 g/mol. The van der Waals surface area contributed by atoms with Crippen LogP contribution in [0.5, 0.6) is 0 Å². The largest absolute Gasteiger partial charge is 0.409 e. The Morgan fingerprint density at radius 1 is 1.65 bits per heavy atom. The van der Waals surface area contributed by atoms with Crippen LogP contribution in [0.15, 0.2) is 23.5 Å². The highest BCUT2D eigenvalue weighted by Crippen LogP contribution is 2.13. The molecule has 0 spiro atoms. The van der Waals surface area contributed by atoms with Gasteiger partial charge in [-0.15, -0.1) is 0 Å². The SMILES string of the molecule is NC(=NO)c1cc(CN2CCC(O)C2)ccn1. The number of aromatic nitrogens is 1. The zero-order valence-corrected chi connectivity index (χ0v) is 9.45. The highest BCUT2D eigenvalue weighted by molar-refractivity contribution is 5.95. The first-order chi connectivity index (χ1) is 8.19. The molecule has 1 aliphatic rings. The van der Waals surface area contributed by atoms with E-state index in [1.807, 2.05) is 6.07 Å². The molecule has 1 fully saturated rings. The Hall–Kier alpha value is -1.66. The number of nitrogens with zero attached hydrogens (tertiary/aromatic N) is 3. The molecule has 0 amide bonds. The van der Waals surface area contributed by atoms with Crippen LogP contribution in [0.1, 0.15) is 17.7 Å². The van der Waals surface area contributed by atoms with E-state index >= 15 is 0 Å². The van der Waals surface area contributed by atoms with Crippen LogP contribution in [0.3, 0.4) is 0 Å².